The second-order valence-electron chi connectivity index (χ2n) is 7.85. The molecule has 2 fully saturated rings. The molecule has 1 saturated carbocycles. The number of likely N-dealkylation sites (tertiary alicyclic amines) is 1. The van der Waals surface area contributed by atoms with Gasteiger partial charge >= 0.3 is 0 Å². The molecule has 2 unspecified atom stereocenters. The van der Waals surface area contributed by atoms with Crippen LogP contribution >= 0.6 is 11.3 Å². The summed E-state index contributed by atoms with van der Waals surface area (Å²) >= 11 is 1.88. The average Bonchev–Trinajstić information content (AvgIpc) is 3.38. The van der Waals surface area contributed by atoms with Crippen molar-refractivity contribution >= 4 is 17.3 Å². The highest BCUT2D eigenvalue weighted by Gasteiger charge is 2.31. The van der Waals surface area contributed by atoms with Crippen molar-refractivity contribution in [3.8, 4) is 0 Å². The Morgan fingerprint density at radius 3 is 2.85 bits per heavy atom. The molecule has 0 amide bonds. The van der Waals surface area contributed by atoms with E-state index in [-0.39, 0.29) is 0 Å². The van der Waals surface area contributed by atoms with Gasteiger partial charge in [-0.1, -0.05) is 18.9 Å². The van der Waals surface area contributed by atoms with Crippen LogP contribution in [0.25, 0.3) is 0 Å². The SMILES string of the molecule is CN=C(NCCCOC1CCCC1)NCC1CCCN(C)C1c1cccs1. The molecule has 3 rings (SSSR count). The largest absolute Gasteiger partial charge is 0.378 e. The van der Waals surface area contributed by atoms with Gasteiger partial charge in [0, 0.05) is 37.7 Å². The Labute approximate surface area is 168 Å². The number of nitrogens with one attached hydrogen (secondary N) is 2. The Morgan fingerprint density at radius 1 is 1.26 bits per heavy atom. The molecule has 2 aliphatic rings. The molecular formula is C21H36N4OS. The maximum Gasteiger partial charge on any atom is 0.190 e. The third kappa shape index (κ3) is 6.19. The lowest BCUT2D eigenvalue weighted by atomic mass is 9.88. The Bertz CT molecular complexity index is 557. The summed E-state index contributed by atoms with van der Waals surface area (Å²) in [5.74, 6) is 1.53. The van der Waals surface area contributed by atoms with Gasteiger partial charge < -0.3 is 15.4 Å². The van der Waals surface area contributed by atoms with E-state index < -0.39 is 0 Å². The van der Waals surface area contributed by atoms with Gasteiger partial charge in [-0.05, 0) is 63.1 Å². The molecule has 0 spiro atoms. The molecule has 1 aromatic rings. The van der Waals surface area contributed by atoms with E-state index >= 15 is 0 Å². The molecule has 1 aliphatic carbocycles. The molecule has 2 atom stereocenters. The number of nitrogens with zero attached hydrogens (tertiary/aromatic N) is 2. The van der Waals surface area contributed by atoms with Crippen molar-refractivity contribution in [1.82, 2.24) is 15.5 Å². The molecule has 0 aromatic carbocycles. The topological polar surface area (TPSA) is 48.9 Å². The van der Waals surface area contributed by atoms with Gasteiger partial charge in [0.1, 0.15) is 0 Å². The minimum absolute atomic E-state index is 0.514. The minimum atomic E-state index is 0.514. The van der Waals surface area contributed by atoms with Crippen LogP contribution in [0.15, 0.2) is 22.5 Å². The molecule has 1 saturated heterocycles. The van der Waals surface area contributed by atoms with Crippen LogP contribution in [0.5, 0.6) is 0 Å². The number of aliphatic imine (C=N–C) groups is 1. The minimum Gasteiger partial charge on any atom is -0.378 e. The summed E-state index contributed by atoms with van der Waals surface area (Å²) < 4.78 is 5.94. The molecule has 5 nitrogen and oxygen atoms in total. The van der Waals surface area contributed by atoms with Gasteiger partial charge in [-0.2, -0.15) is 0 Å². The van der Waals surface area contributed by atoms with E-state index in [4.69, 9.17) is 4.74 Å². The predicted molar refractivity (Wildman–Crippen MR) is 115 cm³/mol. The fourth-order valence-corrected chi connectivity index (χ4v) is 5.40. The van der Waals surface area contributed by atoms with E-state index in [1.165, 1.54) is 49.9 Å². The van der Waals surface area contributed by atoms with E-state index in [1.54, 1.807) is 0 Å². The molecule has 0 bridgehead atoms. The first-order chi connectivity index (χ1) is 13.3. The lowest BCUT2D eigenvalue weighted by Crippen LogP contribution is -2.45. The number of hydrogen-bond donors (Lipinski definition) is 2. The highest BCUT2D eigenvalue weighted by atomic mass is 32.1. The highest BCUT2D eigenvalue weighted by Crippen LogP contribution is 2.36. The van der Waals surface area contributed by atoms with Crippen LogP contribution in [0.1, 0.15) is 55.9 Å². The first-order valence-electron chi connectivity index (χ1n) is 10.6. The molecule has 6 heteroatoms. The lowest BCUT2D eigenvalue weighted by Gasteiger charge is -2.39. The van der Waals surface area contributed by atoms with Crippen molar-refractivity contribution in [2.45, 2.75) is 57.1 Å². The van der Waals surface area contributed by atoms with Gasteiger partial charge in [-0.25, -0.2) is 0 Å². The van der Waals surface area contributed by atoms with Crippen molar-refractivity contribution in [3.63, 3.8) is 0 Å². The van der Waals surface area contributed by atoms with E-state index in [1.807, 2.05) is 18.4 Å². The van der Waals surface area contributed by atoms with Crippen LogP contribution in [0.2, 0.25) is 0 Å². The predicted octanol–water partition coefficient (Wildman–Crippen LogP) is 3.65. The van der Waals surface area contributed by atoms with Gasteiger partial charge in [0.2, 0.25) is 0 Å². The fraction of sp³-hybridized carbons (Fsp3) is 0.762. The van der Waals surface area contributed by atoms with Crippen molar-refractivity contribution < 1.29 is 4.74 Å². The Balaban J connectivity index is 1.38. The third-order valence-electron chi connectivity index (χ3n) is 5.87. The summed E-state index contributed by atoms with van der Waals surface area (Å²) in [5, 5.41) is 9.19. The second-order valence-corrected chi connectivity index (χ2v) is 8.83. The Morgan fingerprint density at radius 2 is 2.11 bits per heavy atom. The van der Waals surface area contributed by atoms with E-state index in [0.29, 0.717) is 18.1 Å². The monoisotopic (exact) mass is 392 g/mol. The third-order valence-corrected chi connectivity index (χ3v) is 6.81. The normalized spacial score (nSPS) is 25.0. The summed E-state index contributed by atoms with van der Waals surface area (Å²) in [6.45, 7) is 3.91. The standard InChI is InChI=1S/C21H36N4OS/c1-22-21(23-12-7-14-26-18-9-3-4-10-18)24-16-17-8-5-13-25(2)20(17)19-11-6-15-27-19/h6,11,15,17-18,20H,3-5,7-10,12-14,16H2,1-2H3,(H2,22,23,24). The zero-order chi connectivity index (χ0) is 18.9. The van der Waals surface area contributed by atoms with Crippen LogP contribution < -0.4 is 10.6 Å². The maximum absolute atomic E-state index is 5.94. The van der Waals surface area contributed by atoms with Gasteiger partial charge in [0.05, 0.1) is 6.10 Å². The molecule has 1 aromatic heterocycles. The molecule has 27 heavy (non-hydrogen) atoms. The quantitative estimate of drug-likeness (QED) is 0.403. The number of piperidine rings is 1. The van der Waals surface area contributed by atoms with Crippen LogP contribution in [0.4, 0.5) is 0 Å². The summed E-state index contributed by atoms with van der Waals surface area (Å²) in [6.07, 6.45) is 9.25. The zero-order valence-corrected chi connectivity index (χ0v) is 17.8. The van der Waals surface area contributed by atoms with Crippen molar-refractivity contribution in [2.24, 2.45) is 10.9 Å². The Kier molecular flexibility index (Phi) is 8.42. The number of rotatable bonds is 8. The zero-order valence-electron chi connectivity index (χ0n) is 17.0. The lowest BCUT2D eigenvalue weighted by molar-refractivity contribution is 0.0574. The number of guanidine groups is 1. The summed E-state index contributed by atoms with van der Waals surface area (Å²) in [4.78, 5) is 8.39. The van der Waals surface area contributed by atoms with Crippen LogP contribution in [0.3, 0.4) is 0 Å². The van der Waals surface area contributed by atoms with Crippen LogP contribution in [-0.4, -0.2) is 57.3 Å². The average molecular weight is 393 g/mol. The van der Waals surface area contributed by atoms with Crippen LogP contribution in [-0.2, 0) is 4.74 Å². The van der Waals surface area contributed by atoms with Crippen molar-refractivity contribution in [3.05, 3.63) is 22.4 Å². The smallest absolute Gasteiger partial charge is 0.190 e. The molecular weight excluding hydrogens is 356 g/mol. The molecule has 2 heterocycles. The summed E-state index contributed by atoms with van der Waals surface area (Å²) in [5.41, 5.74) is 0. The summed E-state index contributed by atoms with van der Waals surface area (Å²) in [7, 11) is 4.11. The fourth-order valence-electron chi connectivity index (χ4n) is 4.41. The number of hydrogen-bond acceptors (Lipinski definition) is 4. The van der Waals surface area contributed by atoms with Gasteiger partial charge in [-0.3, -0.25) is 9.89 Å². The summed E-state index contributed by atoms with van der Waals surface area (Å²) in [6, 6.07) is 4.96. The van der Waals surface area contributed by atoms with Gasteiger partial charge in [-0.15, -0.1) is 11.3 Å². The highest BCUT2D eigenvalue weighted by molar-refractivity contribution is 7.10. The van der Waals surface area contributed by atoms with Gasteiger partial charge in [0.15, 0.2) is 5.96 Å². The maximum atomic E-state index is 5.94. The van der Waals surface area contributed by atoms with Crippen LogP contribution in [0, 0.1) is 5.92 Å². The van der Waals surface area contributed by atoms with E-state index in [2.05, 4.69) is 45.1 Å². The first-order valence-corrected chi connectivity index (χ1v) is 11.5. The molecule has 2 N–H and O–H groups in total. The molecule has 0 radical (unpaired) electrons. The molecule has 1 aliphatic heterocycles. The van der Waals surface area contributed by atoms with E-state index in [0.717, 1.165) is 32.1 Å². The number of ether oxygens (including phenoxy) is 1. The van der Waals surface area contributed by atoms with Gasteiger partial charge in [0.25, 0.3) is 0 Å². The number of thiophene rings is 1. The molecule has 152 valence electrons. The Hall–Kier alpha value is -1.11. The van der Waals surface area contributed by atoms with E-state index in [9.17, 15) is 0 Å². The van der Waals surface area contributed by atoms with Crippen molar-refractivity contribution in [2.75, 3.05) is 40.3 Å². The first kappa shape index (κ1) is 20.6. The second kappa shape index (κ2) is 11.0. The van der Waals surface area contributed by atoms with Crippen molar-refractivity contribution in [1.29, 1.82) is 0 Å².